The molecule has 1 aliphatic heterocycles. The maximum absolute atomic E-state index is 13.0. The van der Waals surface area contributed by atoms with Gasteiger partial charge in [-0.25, -0.2) is 14.4 Å². The fourth-order valence-corrected chi connectivity index (χ4v) is 2.88. The van der Waals surface area contributed by atoms with E-state index in [4.69, 9.17) is 0 Å². The summed E-state index contributed by atoms with van der Waals surface area (Å²) in [5.41, 5.74) is 1.13. The van der Waals surface area contributed by atoms with Crippen molar-refractivity contribution in [1.82, 2.24) is 9.97 Å². The number of hydrogen-bond acceptors (Lipinski definition) is 4. The van der Waals surface area contributed by atoms with E-state index in [2.05, 4.69) is 21.8 Å². The van der Waals surface area contributed by atoms with Gasteiger partial charge >= 0.3 is 0 Å². The van der Waals surface area contributed by atoms with Gasteiger partial charge in [-0.05, 0) is 43.0 Å². The zero-order chi connectivity index (χ0) is 15.5. The normalized spacial score (nSPS) is 16.0. The van der Waals surface area contributed by atoms with Crippen molar-refractivity contribution in [3.05, 3.63) is 36.3 Å². The van der Waals surface area contributed by atoms with Crippen LogP contribution < -0.4 is 4.90 Å². The van der Waals surface area contributed by atoms with Crippen LogP contribution in [0.3, 0.4) is 0 Å². The van der Waals surface area contributed by atoms with E-state index in [0.29, 0.717) is 17.2 Å². The Hall–Kier alpha value is -2.17. The number of halogens is 1. The van der Waals surface area contributed by atoms with Crippen molar-refractivity contribution in [2.75, 3.05) is 18.0 Å². The molecule has 0 unspecified atom stereocenters. The van der Waals surface area contributed by atoms with E-state index in [-0.39, 0.29) is 11.6 Å². The third kappa shape index (κ3) is 3.03. The Bertz CT molecular complexity index is 637. The Morgan fingerprint density at radius 2 is 1.91 bits per heavy atom. The predicted molar refractivity (Wildman–Crippen MR) is 84.3 cm³/mol. The molecule has 1 aliphatic rings. The molecule has 1 aromatic heterocycles. The third-order valence-electron chi connectivity index (χ3n) is 4.35. The zero-order valence-corrected chi connectivity index (χ0v) is 12.7. The number of rotatable bonds is 3. The lowest BCUT2D eigenvalue weighted by Crippen LogP contribution is -2.34. The predicted octanol–water partition coefficient (Wildman–Crippen LogP) is 3.61. The highest BCUT2D eigenvalue weighted by molar-refractivity contribution is 5.66. The van der Waals surface area contributed by atoms with Crippen molar-refractivity contribution in [2.45, 2.75) is 26.2 Å². The molecule has 0 spiro atoms. The average molecular weight is 301 g/mol. The first-order chi connectivity index (χ1) is 10.7. The highest BCUT2D eigenvalue weighted by Crippen LogP contribution is 2.29. The molecule has 2 heterocycles. The van der Waals surface area contributed by atoms with Crippen LogP contribution in [-0.2, 0) is 0 Å². The van der Waals surface area contributed by atoms with Gasteiger partial charge in [0.25, 0.3) is 0 Å². The lowest BCUT2D eigenvalue weighted by atomic mass is 9.95. The Morgan fingerprint density at radius 1 is 1.23 bits per heavy atom. The summed E-state index contributed by atoms with van der Waals surface area (Å²) in [4.78, 5) is 10.9. The topological polar surface area (TPSA) is 49.2 Å². The molecular weight excluding hydrogens is 281 g/mol. The summed E-state index contributed by atoms with van der Waals surface area (Å²) in [5, 5.41) is 10.00. The van der Waals surface area contributed by atoms with Crippen LogP contribution >= 0.6 is 0 Å². The minimum absolute atomic E-state index is 0.0128. The number of aromatic nitrogens is 2. The van der Waals surface area contributed by atoms with Gasteiger partial charge in [0, 0.05) is 18.7 Å². The molecule has 22 heavy (non-hydrogen) atoms. The molecule has 0 aliphatic carbocycles. The van der Waals surface area contributed by atoms with Crippen LogP contribution in [-0.4, -0.2) is 28.2 Å². The summed E-state index contributed by atoms with van der Waals surface area (Å²) < 4.78 is 13.0. The summed E-state index contributed by atoms with van der Waals surface area (Å²) >= 11 is 0. The van der Waals surface area contributed by atoms with Gasteiger partial charge in [0.1, 0.15) is 11.5 Å². The van der Waals surface area contributed by atoms with E-state index in [9.17, 15) is 9.50 Å². The van der Waals surface area contributed by atoms with Crippen molar-refractivity contribution in [3.8, 4) is 17.0 Å². The first-order valence-corrected chi connectivity index (χ1v) is 7.74. The Balaban J connectivity index is 1.85. The third-order valence-corrected chi connectivity index (χ3v) is 4.35. The second kappa shape index (κ2) is 6.30. The second-order valence-corrected chi connectivity index (χ2v) is 5.75. The van der Waals surface area contributed by atoms with E-state index in [1.54, 1.807) is 12.1 Å². The second-order valence-electron chi connectivity index (χ2n) is 5.75. The Morgan fingerprint density at radius 3 is 2.55 bits per heavy atom. The fourth-order valence-electron chi connectivity index (χ4n) is 2.88. The van der Waals surface area contributed by atoms with Gasteiger partial charge in [-0.2, -0.15) is 0 Å². The number of piperidine rings is 1. The van der Waals surface area contributed by atoms with Gasteiger partial charge in [0.15, 0.2) is 5.75 Å². The quantitative estimate of drug-likeness (QED) is 0.941. The number of hydrogen-bond donors (Lipinski definition) is 1. The molecule has 0 radical (unpaired) electrons. The Kier molecular flexibility index (Phi) is 4.22. The van der Waals surface area contributed by atoms with Crippen molar-refractivity contribution in [3.63, 3.8) is 0 Å². The summed E-state index contributed by atoms with van der Waals surface area (Å²) in [7, 11) is 0. The summed E-state index contributed by atoms with van der Waals surface area (Å²) in [5.74, 6) is 1.12. The lowest BCUT2D eigenvalue weighted by Gasteiger charge is -2.31. The molecule has 1 N–H and O–H groups in total. The minimum atomic E-state index is -0.306. The van der Waals surface area contributed by atoms with Crippen LogP contribution in [0.15, 0.2) is 30.5 Å². The molecule has 0 saturated carbocycles. The molecule has 2 aromatic rings. The van der Waals surface area contributed by atoms with Crippen LogP contribution in [0.5, 0.6) is 5.75 Å². The van der Waals surface area contributed by atoms with E-state index in [1.165, 1.54) is 24.8 Å². The number of anilines is 1. The smallest absolute Gasteiger partial charge is 0.226 e. The van der Waals surface area contributed by atoms with Gasteiger partial charge in [0.2, 0.25) is 5.95 Å². The largest absolute Gasteiger partial charge is 0.504 e. The van der Waals surface area contributed by atoms with Crippen LogP contribution in [0, 0.1) is 11.7 Å². The average Bonchev–Trinajstić information content (AvgIpc) is 2.56. The molecule has 1 aromatic carbocycles. The summed E-state index contributed by atoms with van der Waals surface area (Å²) in [6.45, 7) is 4.10. The molecular formula is C17H20FN3O. The molecule has 3 rings (SSSR count). The number of benzene rings is 1. The van der Waals surface area contributed by atoms with Crippen molar-refractivity contribution < 1.29 is 9.50 Å². The van der Waals surface area contributed by atoms with Crippen LogP contribution in [0.1, 0.15) is 26.2 Å². The van der Waals surface area contributed by atoms with Gasteiger partial charge in [-0.1, -0.05) is 13.3 Å². The first-order valence-electron chi connectivity index (χ1n) is 7.74. The van der Waals surface area contributed by atoms with Gasteiger partial charge < -0.3 is 10.0 Å². The molecule has 116 valence electrons. The maximum atomic E-state index is 13.0. The fraction of sp³-hybridized carbons (Fsp3) is 0.412. The molecule has 0 atom stereocenters. The van der Waals surface area contributed by atoms with E-state index in [1.807, 2.05) is 0 Å². The van der Waals surface area contributed by atoms with Crippen LogP contribution in [0.25, 0.3) is 11.3 Å². The SMILES string of the molecule is CCC1CCN(c2ncc(O)c(-c3ccc(F)cc3)n2)CC1. The van der Waals surface area contributed by atoms with Crippen molar-refractivity contribution >= 4 is 5.95 Å². The summed E-state index contributed by atoms with van der Waals surface area (Å²) in [6.07, 6.45) is 4.93. The van der Waals surface area contributed by atoms with E-state index >= 15 is 0 Å². The van der Waals surface area contributed by atoms with Gasteiger partial charge in [-0.3, -0.25) is 0 Å². The highest BCUT2D eigenvalue weighted by Gasteiger charge is 2.21. The molecule has 0 bridgehead atoms. The monoisotopic (exact) mass is 301 g/mol. The van der Waals surface area contributed by atoms with Gasteiger partial charge in [0.05, 0.1) is 6.20 Å². The van der Waals surface area contributed by atoms with Crippen molar-refractivity contribution in [1.29, 1.82) is 0 Å². The first kappa shape index (κ1) is 14.8. The highest BCUT2D eigenvalue weighted by atomic mass is 19.1. The van der Waals surface area contributed by atoms with E-state index in [0.717, 1.165) is 31.8 Å². The molecule has 5 heteroatoms. The minimum Gasteiger partial charge on any atom is -0.504 e. The number of aromatic hydroxyl groups is 1. The molecule has 1 fully saturated rings. The van der Waals surface area contributed by atoms with Crippen LogP contribution in [0.4, 0.5) is 10.3 Å². The molecule has 4 nitrogen and oxygen atoms in total. The van der Waals surface area contributed by atoms with Crippen molar-refractivity contribution in [2.24, 2.45) is 5.92 Å². The summed E-state index contributed by atoms with van der Waals surface area (Å²) in [6, 6.07) is 5.96. The Labute approximate surface area is 129 Å². The molecule has 0 amide bonds. The lowest BCUT2D eigenvalue weighted by molar-refractivity contribution is 0.391. The van der Waals surface area contributed by atoms with E-state index < -0.39 is 0 Å². The molecule has 1 saturated heterocycles. The number of nitrogens with zero attached hydrogens (tertiary/aromatic N) is 3. The zero-order valence-electron chi connectivity index (χ0n) is 12.7. The van der Waals surface area contributed by atoms with Gasteiger partial charge in [-0.15, -0.1) is 0 Å². The van der Waals surface area contributed by atoms with Crippen LogP contribution in [0.2, 0.25) is 0 Å². The maximum Gasteiger partial charge on any atom is 0.226 e. The standard InChI is InChI=1S/C17H20FN3O/c1-2-12-7-9-21(10-8-12)17-19-11-15(22)16(20-17)13-3-5-14(18)6-4-13/h3-6,11-12,22H,2,7-10H2,1H3.